The number of benzene rings is 2. The van der Waals surface area contributed by atoms with E-state index < -0.39 is 12.3 Å². The van der Waals surface area contributed by atoms with Crippen molar-refractivity contribution in [2.45, 2.75) is 76.5 Å². The monoisotopic (exact) mass is 592 g/mol. The average Bonchev–Trinajstić information content (AvgIpc) is 3.81. The normalized spacial score (nSPS) is 26.3. The number of ketones is 1. The summed E-state index contributed by atoms with van der Waals surface area (Å²) in [6, 6.07) is 12.5. The van der Waals surface area contributed by atoms with Crippen LogP contribution in [0.25, 0.3) is 22.2 Å². The van der Waals surface area contributed by atoms with Crippen LogP contribution < -0.4 is 9.47 Å². The van der Waals surface area contributed by atoms with Crippen LogP contribution in [0, 0.1) is 5.92 Å². The van der Waals surface area contributed by atoms with E-state index in [1.807, 2.05) is 30.6 Å². The SMILES string of the molecule is COc1ccc2c(c1)OC[C@@H]1Cn3c-2c(C2CCCCC2)c2ccc(cc23)CN(S)N(C)C(C)N(C)C1C(=O)C1OO1. The Bertz CT molecular complexity index is 1500. The molecule has 0 amide bonds. The van der Waals surface area contributed by atoms with E-state index in [9.17, 15) is 4.79 Å². The molecule has 42 heavy (non-hydrogen) atoms. The lowest BCUT2D eigenvalue weighted by Gasteiger charge is -2.43. The fourth-order valence-corrected chi connectivity index (χ4v) is 7.73. The Morgan fingerprint density at radius 3 is 2.57 bits per heavy atom. The summed E-state index contributed by atoms with van der Waals surface area (Å²) in [6.07, 6.45) is 5.14. The summed E-state index contributed by atoms with van der Waals surface area (Å²) in [6.45, 7) is 3.69. The molecule has 0 N–H and O–H groups in total. The van der Waals surface area contributed by atoms with Gasteiger partial charge in [0.2, 0.25) is 5.78 Å². The average molecular weight is 593 g/mol. The number of hydrazine groups is 1. The van der Waals surface area contributed by atoms with Gasteiger partial charge in [0.25, 0.3) is 6.29 Å². The highest BCUT2D eigenvalue weighted by atomic mass is 32.1. The summed E-state index contributed by atoms with van der Waals surface area (Å²) >= 11 is 4.88. The molecular formula is C32H40N4O5S. The van der Waals surface area contributed by atoms with Crippen LogP contribution in [-0.4, -0.2) is 71.0 Å². The number of carbonyl (C=O) groups is 1. The number of nitrogens with zero attached hydrogens (tertiary/aromatic N) is 4. The summed E-state index contributed by atoms with van der Waals surface area (Å²) in [4.78, 5) is 26.2. The lowest BCUT2D eigenvalue weighted by Crippen LogP contribution is -2.57. The van der Waals surface area contributed by atoms with Gasteiger partial charge in [0.05, 0.1) is 31.6 Å². The minimum atomic E-state index is -0.849. The molecule has 4 bridgehead atoms. The van der Waals surface area contributed by atoms with E-state index in [0.717, 1.165) is 17.1 Å². The highest BCUT2D eigenvalue weighted by Gasteiger charge is 2.47. The largest absolute Gasteiger partial charge is 0.497 e. The maximum Gasteiger partial charge on any atom is 0.283 e. The number of fused-ring (bicyclic) bond motifs is 4. The molecule has 2 fully saturated rings. The molecular weight excluding hydrogens is 552 g/mol. The minimum Gasteiger partial charge on any atom is -0.497 e. The van der Waals surface area contributed by atoms with Crippen LogP contribution in [0.5, 0.6) is 11.5 Å². The summed E-state index contributed by atoms with van der Waals surface area (Å²) < 4.78 is 16.7. The fourth-order valence-electron chi connectivity index (χ4n) is 7.42. The van der Waals surface area contributed by atoms with Crippen LogP contribution in [0.15, 0.2) is 36.4 Å². The van der Waals surface area contributed by atoms with E-state index in [-0.39, 0.29) is 17.9 Å². The predicted molar refractivity (Wildman–Crippen MR) is 163 cm³/mol. The number of aromatic nitrogens is 1. The number of likely N-dealkylation sites (N-methyl/N-ethyl adjacent to an activating group) is 1. The molecule has 9 nitrogen and oxygen atoms in total. The Hall–Kier alpha value is -2.60. The molecule has 3 aromatic rings. The van der Waals surface area contributed by atoms with Crippen molar-refractivity contribution in [3.63, 3.8) is 0 Å². The van der Waals surface area contributed by atoms with Crippen LogP contribution >= 0.6 is 12.8 Å². The number of methoxy groups -OCH3 is 1. The third-order valence-electron chi connectivity index (χ3n) is 9.92. The molecule has 7 rings (SSSR count). The molecule has 4 aliphatic rings. The highest BCUT2D eigenvalue weighted by Crippen LogP contribution is 2.48. The van der Waals surface area contributed by atoms with Gasteiger partial charge in [0.1, 0.15) is 11.5 Å². The molecule has 1 aromatic heterocycles. The third kappa shape index (κ3) is 4.82. The van der Waals surface area contributed by atoms with E-state index in [0.29, 0.717) is 25.6 Å². The molecule has 3 aliphatic heterocycles. The highest BCUT2D eigenvalue weighted by molar-refractivity contribution is 7.77. The Morgan fingerprint density at radius 2 is 1.83 bits per heavy atom. The molecule has 4 heterocycles. The standard InChI is InChI=1S/C32H40N4O5S/c1-19-33(2)29(31(37)32-40-41-32)22-17-35-26-14-20(16-36(42)34(19)3)10-12-24(26)28(21-8-6-5-7-9-21)30(35)25-13-11-23(38-4)15-27(25)39-18-22/h10-15,19,21-22,29,32,42H,5-9,16-18H2,1-4H3/t19?,22-,29?/m0/s1. The maximum absolute atomic E-state index is 13.9. The number of ether oxygens (including phenoxy) is 2. The molecule has 0 radical (unpaired) electrons. The molecule has 224 valence electrons. The van der Waals surface area contributed by atoms with Gasteiger partial charge >= 0.3 is 0 Å². The second kappa shape index (κ2) is 11.2. The van der Waals surface area contributed by atoms with E-state index in [2.05, 4.69) is 45.7 Å². The summed E-state index contributed by atoms with van der Waals surface area (Å²) in [5.41, 5.74) is 6.07. The Kier molecular flexibility index (Phi) is 7.48. The maximum atomic E-state index is 13.9. The second-order valence-corrected chi connectivity index (χ2v) is 12.7. The molecule has 3 atom stereocenters. The number of hydrogen-bond acceptors (Lipinski definition) is 9. The van der Waals surface area contributed by atoms with Crippen LogP contribution in [0.2, 0.25) is 0 Å². The smallest absolute Gasteiger partial charge is 0.283 e. The van der Waals surface area contributed by atoms with E-state index in [1.54, 1.807) is 7.11 Å². The molecule has 2 aromatic carbocycles. The van der Waals surface area contributed by atoms with Crippen LogP contribution in [0.3, 0.4) is 0 Å². The fraction of sp³-hybridized carbons (Fsp3) is 0.531. The van der Waals surface area contributed by atoms with Crippen LogP contribution in [0.1, 0.15) is 56.1 Å². The predicted octanol–water partition coefficient (Wildman–Crippen LogP) is 5.38. The van der Waals surface area contributed by atoms with Gasteiger partial charge in [0.15, 0.2) is 0 Å². The van der Waals surface area contributed by atoms with E-state index in [4.69, 9.17) is 32.1 Å². The topological polar surface area (TPSA) is 75.2 Å². The number of hydrogen-bond donors (Lipinski definition) is 1. The Morgan fingerprint density at radius 1 is 1.05 bits per heavy atom. The first-order valence-corrected chi connectivity index (χ1v) is 15.5. The van der Waals surface area contributed by atoms with Crippen molar-refractivity contribution < 1.29 is 24.0 Å². The van der Waals surface area contributed by atoms with Crippen molar-refractivity contribution in [1.29, 1.82) is 0 Å². The Balaban J connectivity index is 1.50. The van der Waals surface area contributed by atoms with E-state index in [1.165, 1.54) is 59.8 Å². The molecule has 1 saturated carbocycles. The van der Waals surface area contributed by atoms with Crippen LogP contribution in [-0.2, 0) is 27.7 Å². The molecule has 10 heteroatoms. The van der Waals surface area contributed by atoms with Crippen molar-refractivity contribution in [2.24, 2.45) is 5.92 Å². The number of Topliss-reactive ketones (excluding diaryl/α,β-unsaturated/α-hetero) is 1. The summed E-state index contributed by atoms with van der Waals surface area (Å²) in [7, 11) is 5.68. The van der Waals surface area contributed by atoms with Gasteiger partial charge in [-0.3, -0.25) is 9.69 Å². The van der Waals surface area contributed by atoms with Gasteiger partial charge in [0, 0.05) is 48.6 Å². The first kappa shape index (κ1) is 28.2. The molecule has 0 spiro atoms. The number of carbonyl (C=O) groups excluding carboxylic acids is 1. The van der Waals surface area contributed by atoms with E-state index >= 15 is 0 Å². The molecule has 2 unspecified atom stereocenters. The van der Waals surface area contributed by atoms with Gasteiger partial charge in [-0.15, -0.1) is 0 Å². The zero-order valence-corrected chi connectivity index (χ0v) is 25.7. The van der Waals surface area contributed by atoms with Gasteiger partial charge in [-0.1, -0.05) is 44.2 Å². The first-order valence-electron chi connectivity index (χ1n) is 15.1. The second-order valence-electron chi connectivity index (χ2n) is 12.3. The van der Waals surface area contributed by atoms with Crippen molar-refractivity contribution in [3.8, 4) is 22.8 Å². The Labute approximate surface area is 252 Å². The zero-order chi connectivity index (χ0) is 29.1. The lowest BCUT2D eigenvalue weighted by molar-refractivity contribution is -0.133. The van der Waals surface area contributed by atoms with Crippen molar-refractivity contribution in [3.05, 3.63) is 47.5 Å². The number of rotatable bonds is 4. The first-order chi connectivity index (χ1) is 20.4. The molecule has 1 aliphatic carbocycles. The zero-order valence-electron chi connectivity index (χ0n) is 24.8. The quantitative estimate of drug-likeness (QED) is 0.246. The van der Waals surface area contributed by atoms with Gasteiger partial charge in [-0.2, -0.15) is 14.2 Å². The minimum absolute atomic E-state index is 0.0910. The van der Waals surface area contributed by atoms with Crippen LogP contribution in [0.4, 0.5) is 0 Å². The number of thiol groups is 1. The van der Waals surface area contributed by atoms with Crippen molar-refractivity contribution >= 4 is 29.5 Å². The van der Waals surface area contributed by atoms with Crippen molar-refractivity contribution in [1.82, 2.24) is 18.9 Å². The third-order valence-corrected chi connectivity index (χ3v) is 10.3. The molecule has 1 saturated heterocycles. The lowest BCUT2D eigenvalue weighted by atomic mass is 9.81. The summed E-state index contributed by atoms with van der Waals surface area (Å²) in [5, 5.41) is 3.35. The summed E-state index contributed by atoms with van der Waals surface area (Å²) in [5.74, 6) is 1.72. The van der Waals surface area contributed by atoms with Gasteiger partial charge < -0.3 is 14.0 Å². The van der Waals surface area contributed by atoms with Crippen molar-refractivity contribution in [2.75, 3.05) is 27.8 Å². The van der Waals surface area contributed by atoms with Gasteiger partial charge in [-0.05, 0) is 62.1 Å². The van der Waals surface area contributed by atoms with Gasteiger partial charge in [-0.25, -0.2) is 5.01 Å².